The van der Waals surface area contributed by atoms with Crippen molar-refractivity contribution in [2.45, 2.75) is 0 Å². The molecule has 0 aromatic heterocycles. The van der Waals surface area contributed by atoms with Gasteiger partial charge in [0, 0.05) is 13.1 Å². The van der Waals surface area contributed by atoms with E-state index in [0.717, 1.165) is 9.80 Å². The van der Waals surface area contributed by atoms with Crippen molar-refractivity contribution in [3.8, 4) is 0 Å². The van der Waals surface area contributed by atoms with Gasteiger partial charge < -0.3 is 40.2 Å². The van der Waals surface area contributed by atoms with Gasteiger partial charge in [-0.3, -0.25) is 29.0 Å². The summed E-state index contributed by atoms with van der Waals surface area (Å²) < 4.78 is 0. The van der Waals surface area contributed by atoms with Gasteiger partial charge in [0.1, 0.15) is 0 Å². The van der Waals surface area contributed by atoms with Crippen LogP contribution in [0.4, 0.5) is 0 Å². The van der Waals surface area contributed by atoms with Gasteiger partial charge in [0.05, 0.1) is 38.1 Å². The van der Waals surface area contributed by atoms with Crippen LogP contribution in [0.15, 0.2) is 0 Å². The van der Waals surface area contributed by atoms with E-state index in [-0.39, 0.29) is 59.1 Å². The first kappa shape index (κ1) is 34.3. The molecule has 28 heavy (non-hydrogen) atoms. The molecule has 14 nitrogen and oxygen atoms in total. The smallest absolute Gasteiger partial charge is 0.549 e. The minimum Gasteiger partial charge on any atom is -0.549 e. The topological polar surface area (TPSA) is 236 Å². The fourth-order valence-corrected chi connectivity index (χ4v) is 1.47. The van der Waals surface area contributed by atoms with Gasteiger partial charge >= 0.3 is 83.0 Å². The van der Waals surface area contributed by atoms with E-state index >= 15 is 0 Å². The summed E-state index contributed by atoms with van der Waals surface area (Å²) in [6.07, 6.45) is 0. The molecule has 0 saturated heterocycles. The summed E-state index contributed by atoms with van der Waals surface area (Å²) in [6.45, 7) is -3.97. The Morgan fingerprint density at radius 3 is 0.786 bits per heavy atom. The number of carbonyl (C=O) groups is 6. The fourth-order valence-electron chi connectivity index (χ4n) is 1.47. The summed E-state index contributed by atoms with van der Waals surface area (Å²) in [5, 5.41) is 53.1. The molecular formula is C12H16N2Na2O12. The van der Waals surface area contributed by atoms with Gasteiger partial charge in [-0.25, -0.2) is 0 Å². The van der Waals surface area contributed by atoms with Gasteiger partial charge in [-0.1, -0.05) is 0 Å². The summed E-state index contributed by atoms with van der Waals surface area (Å²) in [7, 11) is 0. The predicted molar refractivity (Wildman–Crippen MR) is 73.4 cm³/mol. The van der Waals surface area contributed by atoms with Crippen molar-refractivity contribution >= 4 is 35.8 Å². The second kappa shape index (κ2) is 19.1. The van der Waals surface area contributed by atoms with Crippen LogP contribution in [0.2, 0.25) is 0 Å². The Balaban J connectivity index is -0.000000192. The molecular weight excluding hydrogens is 410 g/mol. The Morgan fingerprint density at radius 1 is 0.500 bits per heavy atom. The van der Waals surface area contributed by atoms with Crippen LogP contribution in [-0.4, -0.2) is 105 Å². The molecule has 0 aliphatic carbocycles. The first-order valence-electron chi connectivity index (χ1n) is 6.55. The third-order valence-corrected chi connectivity index (χ3v) is 2.14. The molecule has 0 bridgehead atoms. The number of rotatable bonds is 12. The van der Waals surface area contributed by atoms with Crippen molar-refractivity contribution in [1.82, 2.24) is 9.80 Å². The SMILES string of the molecule is O=C([O-])CN(CC(=O)O)CC(=O)O.O=C([O-])CN(CC(=O)O)CC(=O)O.[Na+].[Na+]. The van der Waals surface area contributed by atoms with Gasteiger partial charge in [-0.2, -0.15) is 0 Å². The average molecular weight is 426 g/mol. The number of carboxylic acids is 6. The molecule has 0 aliphatic heterocycles. The average Bonchev–Trinajstić information content (AvgIpc) is 2.33. The molecule has 0 amide bonds. The minimum atomic E-state index is -1.51. The number of hydrogen-bond donors (Lipinski definition) is 4. The Hall–Kier alpha value is -1.26. The zero-order valence-electron chi connectivity index (χ0n) is 15.2. The van der Waals surface area contributed by atoms with Crippen molar-refractivity contribution in [1.29, 1.82) is 0 Å². The van der Waals surface area contributed by atoms with E-state index < -0.39 is 75.1 Å². The Bertz CT molecular complexity index is 433. The van der Waals surface area contributed by atoms with Crippen molar-refractivity contribution in [3.05, 3.63) is 0 Å². The van der Waals surface area contributed by atoms with Crippen molar-refractivity contribution in [3.63, 3.8) is 0 Å². The number of aliphatic carboxylic acids is 6. The van der Waals surface area contributed by atoms with Crippen LogP contribution in [0, 0.1) is 0 Å². The van der Waals surface area contributed by atoms with E-state index in [2.05, 4.69) is 0 Å². The minimum absolute atomic E-state index is 0. The number of carboxylic acid groups (broad SMARTS) is 6. The third-order valence-electron chi connectivity index (χ3n) is 2.14. The second-order valence-corrected chi connectivity index (χ2v) is 4.61. The normalized spacial score (nSPS) is 9.21. The van der Waals surface area contributed by atoms with E-state index in [1.807, 2.05) is 0 Å². The molecule has 0 fully saturated rings. The molecule has 0 heterocycles. The van der Waals surface area contributed by atoms with Crippen LogP contribution >= 0.6 is 0 Å². The number of carbonyl (C=O) groups excluding carboxylic acids is 2. The van der Waals surface area contributed by atoms with Crippen LogP contribution in [0.1, 0.15) is 0 Å². The van der Waals surface area contributed by atoms with E-state index in [4.69, 9.17) is 20.4 Å². The first-order chi connectivity index (χ1) is 11.8. The summed E-state index contributed by atoms with van der Waals surface area (Å²) in [4.78, 5) is 62.0. The second-order valence-electron chi connectivity index (χ2n) is 4.61. The van der Waals surface area contributed by atoms with E-state index in [1.54, 1.807) is 0 Å². The summed E-state index contributed by atoms with van der Waals surface area (Å²) >= 11 is 0. The number of hydrogen-bond acceptors (Lipinski definition) is 10. The van der Waals surface area contributed by atoms with E-state index in [9.17, 15) is 39.0 Å². The molecule has 0 saturated carbocycles. The van der Waals surface area contributed by atoms with Crippen molar-refractivity contribution < 1.29 is 119 Å². The first-order valence-corrected chi connectivity index (χ1v) is 6.55. The fraction of sp³-hybridized carbons (Fsp3) is 0.500. The molecule has 0 spiro atoms. The van der Waals surface area contributed by atoms with Gasteiger partial charge in [0.2, 0.25) is 0 Å². The molecule has 0 unspecified atom stereocenters. The van der Waals surface area contributed by atoms with Gasteiger partial charge in [0.25, 0.3) is 0 Å². The summed E-state index contributed by atoms with van der Waals surface area (Å²) in [5.41, 5.74) is 0. The molecule has 0 rings (SSSR count). The zero-order valence-corrected chi connectivity index (χ0v) is 19.2. The van der Waals surface area contributed by atoms with Gasteiger partial charge in [-0.05, 0) is 0 Å². The maximum atomic E-state index is 10.1. The Morgan fingerprint density at radius 2 is 0.679 bits per heavy atom. The van der Waals surface area contributed by atoms with Gasteiger partial charge in [-0.15, -0.1) is 0 Å². The molecule has 16 heteroatoms. The molecule has 0 atom stereocenters. The van der Waals surface area contributed by atoms with Gasteiger partial charge in [0.15, 0.2) is 0 Å². The van der Waals surface area contributed by atoms with E-state index in [0.29, 0.717) is 0 Å². The Kier molecular flexibility index (Phi) is 23.3. The maximum Gasteiger partial charge on any atom is 1.00 e. The third kappa shape index (κ3) is 27.0. The monoisotopic (exact) mass is 426 g/mol. The van der Waals surface area contributed by atoms with Crippen molar-refractivity contribution in [2.75, 3.05) is 39.3 Å². The van der Waals surface area contributed by atoms with Crippen LogP contribution in [0.3, 0.4) is 0 Å². The molecule has 148 valence electrons. The van der Waals surface area contributed by atoms with Crippen LogP contribution in [0.25, 0.3) is 0 Å². The standard InChI is InChI=1S/2C6H9NO6.2Na/c2*8-4(9)1-7(2-5(10)11)3-6(12)13;;/h2*1-3H2,(H,8,9)(H,10,11)(H,12,13);;/q;;2*+1/p-2. The predicted octanol–water partition coefficient (Wildman–Crippen LogP) is -11.6. The molecule has 0 aromatic carbocycles. The Labute approximate surface area is 202 Å². The number of nitrogens with zero attached hydrogens (tertiary/aromatic N) is 2. The zero-order chi connectivity index (χ0) is 20.9. The summed E-state index contributed by atoms with van der Waals surface area (Å²) in [5.74, 6) is -8.18. The molecule has 0 aliphatic rings. The van der Waals surface area contributed by atoms with E-state index in [1.165, 1.54) is 0 Å². The quantitative estimate of drug-likeness (QED) is 0.212. The van der Waals surface area contributed by atoms with Crippen LogP contribution in [0.5, 0.6) is 0 Å². The maximum absolute atomic E-state index is 10.1. The van der Waals surface area contributed by atoms with Crippen LogP contribution in [-0.2, 0) is 28.8 Å². The largest absolute Gasteiger partial charge is 1.00 e. The molecule has 4 N–H and O–H groups in total. The van der Waals surface area contributed by atoms with Crippen LogP contribution < -0.4 is 69.3 Å². The molecule has 0 aromatic rings. The molecule has 0 radical (unpaired) electrons. The summed E-state index contributed by atoms with van der Waals surface area (Å²) in [6, 6.07) is 0. The van der Waals surface area contributed by atoms with Crippen molar-refractivity contribution in [2.24, 2.45) is 0 Å².